The van der Waals surface area contributed by atoms with Crippen LogP contribution in [0.3, 0.4) is 0 Å². The predicted octanol–water partition coefficient (Wildman–Crippen LogP) is 3.47. The lowest BCUT2D eigenvalue weighted by Crippen LogP contribution is -2.17. The zero-order valence-corrected chi connectivity index (χ0v) is 10.9. The zero-order valence-electron chi connectivity index (χ0n) is 10.2. The first-order valence-electron chi connectivity index (χ1n) is 5.78. The molecule has 0 bridgehead atoms. The molecule has 2 nitrogen and oxygen atoms in total. The second kappa shape index (κ2) is 5.39. The van der Waals surface area contributed by atoms with Gasteiger partial charge in [0.15, 0.2) is 0 Å². The third kappa shape index (κ3) is 2.71. The van der Waals surface area contributed by atoms with Crippen LogP contribution in [-0.2, 0) is 6.54 Å². The van der Waals surface area contributed by atoms with Crippen molar-refractivity contribution in [3.63, 3.8) is 0 Å². The van der Waals surface area contributed by atoms with Gasteiger partial charge < -0.3 is 9.88 Å². The van der Waals surface area contributed by atoms with Crippen LogP contribution in [0, 0.1) is 0 Å². The maximum absolute atomic E-state index is 6.18. The van der Waals surface area contributed by atoms with Gasteiger partial charge in [0, 0.05) is 29.5 Å². The lowest BCUT2D eigenvalue weighted by molar-refractivity contribution is 0.589. The van der Waals surface area contributed by atoms with Crippen molar-refractivity contribution in [3.05, 3.63) is 58.9 Å². The van der Waals surface area contributed by atoms with Crippen molar-refractivity contribution in [1.82, 2.24) is 9.88 Å². The molecule has 1 heterocycles. The van der Waals surface area contributed by atoms with E-state index in [0.717, 1.165) is 17.1 Å². The Balaban J connectivity index is 2.25. The molecule has 0 saturated carbocycles. The van der Waals surface area contributed by atoms with E-state index >= 15 is 0 Å². The minimum absolute atomic E-state index is 0.340. The molecule has 0 saturated heterocycles. The average molecular weight is 249 g/mol. The first-order chi connectivity index (χ1) is 8.22. The van der Waals surface area contributed by atoms with Crippen LogP contribution >= 0.6 is 11.6 Å². The van der Waals surface area contributed by atoms with E-state index in [2.05, 4.69) is 41.2 Å². The Labute approximate surface area is 107 Å². The fraction of sp³-hybridized carbons (Fsp3) is 0.286. The molecule has 1 aromatic heterocycles. The summed E-state index contributed by atoms with van der Waals surface area (Å²) in [7, 11) is 1.97. The molecule has 1 aromatic carbocycles. The van der Waals surface area contributed by atoms with Gasteiger partial charge >= 0.3 is 0 Å². The molecular formula is C14H17ClN2. The molecule has 1 atom stereocenters. The van der Waals surface area contributed by atoms with Crippen LogP contribution in [0.4, 0.5) is 0 Å². The minimum atomic E-state index is 0.340. The molecule has 0 spiro atoms. The predicted molar refractivity (Wildman–Crippen MR) is 72.5 cm³/mol. The molecule has 90 valence electrons. The van der Waals surface area contributed by atoms with Gasteiger partial charge in [-0.25, -0.2) is 0 Å². The summed E-state index contributed by atoms with van der Waals surface area (Å²) in [5.41, 5.74) is 2.42. The van der Waals surface area contributed by atoms with Crippen molar-refractivity contribution >= 4 is 11.6 Å². The molecule has 0 aliphatic heterocycles. The van der Waals surface area contributed by atoms with Gasteiger partial charge in [0.1, 0.15) is 0 Å². The molecule has 0 aliphatic rings. The normalized spacial score (nSPS) is 12.6. The van der Waals surface area contributed by atoms with Crippen LogP contribution in [0.25, 0.3) is 0 Å². The van der Waals surface area contributed by atoms with E-state index in [1.807, 2.05) is 25.2 Å². The van der Waals surface area contributed by atoms with Gasteiger partial charge in [0.05, 0.1) is 0 Å². The summed E-state index contributed by atoms with van der Waals surface area (Å²) in [6.07, 6.45) is 2.09. The highest BCUT2D eigenvalue weighted by atomic mass is 35.5. The van der Waals surface area contributed by atoms with E-state index in [0.29, 0.717) is 6.04 Å². The topological polar surface area (TPSA) is 17.0 Å². The Hall–Kier alpha value is -1.25. The van der Waals surface area contributed by atoms with Crippen molar-refractivity contribution in [1.29, 1.82) is 0 Å². The highest BCUT2D eigenvalue weighted by Crippen LogP contribution is 2.19. The Morgan fingerprint density at radius 2 is 2.00 bits per heavy atom. The summed E-state index contributed by atoms with van der Waals surface area (Å²) in [5, 5.41) is 4.08. The van der Waals surface area contributed by atoms with E-state index in [-0.39, 0.29) is 0 Å². The Bertz CT molecular complexity index is 490. The second-order valence-electron chi connectivity index (χ2n) is 4.16. The van der Waals surface area contributed by atoms with Gasteiger partial charge in [0.25, 0.3) is 0 Å². The van der Waals surface area contributed by atoms with E-state index < -0.39 is 0 Å². The third-order valence-electron chi connectivity index (χ3n) is 3.04. The number of hydrogen-bond donors (Lipinski definition) is 1. The molecule has 0 fully saturated rings. The SMILES string of the molecule is CNC(C)c1cccn1Cc1ccccc1Cl. The molecule has 2 aromatic rings. The zero-order chi connectivity index (χ0) is 12.3. The summed E-state index contributed by atoms with van der Waals surface area (Å²) in [6, 6.07) is 12.5. The Morgan fingerprint density at radius 3 is 2.71 bits per heavy atom. The van der Waals surface area contributed by atoms with Gasteiger partial charge in [-0.2, -0.15) is 0 Å². The summed E-state index contributed by atoms with van der Waals surface area (Å²) < 4.78 is 2.22. The van der Waals surface area contributed by atoms with Crippen LogP contribution in [-0.4, -0.2) is 11.6 Å². The lowest BCUT2D eigenvalue weighted by atomic mass is 10.2. The number of halogens is 1. The molecule has 0 radical (unpaired) electrons. The number of hydrogen-bond acceptors (Lipinski definition) is 1. The van der Waals surface area contributed by atoms with E-state index in [4.69, 9.17) is 11.6 Å². The summed E-state index contributed by atoms with van der Waals surface area (Å²) in [5.74, 6) is 0. The molecule has 1 unspecified atom stereocenters. The van der Waals surface area contributed by atoms with Gasteiger partial charge in [-0.3, -0.25) is 0 Å². The number of nitrogens with zero attached hydrogens (tertiary/aromatic N) is 1. The Kier molecular flexibility index (Phi) is 3.87. The van der Waals surface area contributed by atoms with Crippen molar-refractivity contribution < 1.29 is 0 Å². The summed E-state index contributed by atoms with van der Waals surface area (Å²) in [6.45, 7) is 2.96. The third-order valence-corrected chi connectivity index (χ3v) is 3.41. The van der Waals surface area contributed by atoms with Gasteiger partial charge in [0.2, 0.25) is 0 Å². The van der Waals surface area contributed by atoms with Crippen molar-refractivity contribution in [2.45, 2.75) is 19.5 Å². The molecule has 1 N–H and O–H groups in total. The summed E-state index contributed by atoms with van der Waals surface area (Å²) >= 11 is 6.18. The van der Waals surface area contributed by atoms with Gasteiger partial charge in [-0.15, -0.1) is 0 Å². The van der Waals surface area contributed by atoms with Gasteiger partial charge in [-0.05, 0) is 37.7 Å². The van der Waals surface area contributed by atoms with E-state index in [1.165, 1.54) is 5.69 Å². The summed E-state index contributed by atoms with van der Waals surface area (Å²) in [4.78, 5) is 0. The van der Waals surface area contributed by atoms with E-state index in [1.54, 1.807) is 0 Å². The second-order valence-corrected chi connectivity index (χ2v) is 4.57. The highest BCUT2D eigenvalue weighted by molar-refractivity contribution is 6.31. The lowest BCUT2D eigenvalue weighted by Gasteiger charge is -2.15. The molecule has 17 heavy (non-hydrogen) atoms. The molecule has 0 aliphatic carbocycles. The standard InChI is InChI=1S/C14H17ClN2/c1-11(16-2)14-8-5-9-17(14)10-12-6-3-4-7-13(12)15/h3-9,11,16H,10H2,1-2H3. The van der Waals surface area contributed by atoms with E-state index in [9.17, 15) is 0 Å². The molecule has 3 heteroatoms. The molecule has 0 amide bonds. The quantitative estimate of drug-likeness (QED) is 0.877. The van der Waals surface area contributed by atoms with Crippen molar-refractivity contribution in [3.8, 4) is 0 Å². The first kappa shape index (κ1) is 12.2. The maximum atomic E-state index is 6.18. The van der Waals surface area contributed by atoms with Crippen LogP contribution in [0.5, 0.6) is 0 Å². The largest absolute Gasteiger partial charge is 0.346 e. The van der Waals surface area contributed by atoms with Crippen LogP contribution in [0.1, 0.15) is 24.2 Å². The van der Waals surface area contributed by atoms with Crippen molar-refractivity contribution in [2.24, 2.45) is 0 Å². The van der Waals surface area contributed by atoms with Gasteiger partial charge in [-0.1, -0.05) is 29.8 Å². The molecular weight excluding hydrogens is 232 g/mol. The molecule has 2 rings (SSSR count). The number of rotatable bonds is 4. The number of aromatic nitrogens is 1. The minimum Gasteiger partial charge on any atom is -0.346 e. The van der Waals surface area contributed by atoms with Crippen LogP contribution in [0.2, 0.25) is 5.02 Å². The smallest absolute Gasteiger partial charge is 0.0488 e. The Morgan fingerprint density at radius 1 is 1.24 bits per heavy atom. The van der Waals surface area contributed by atoms with Crippen molar-refractivity contribution in [2.75, 3.05) is 7.05 Å². The first-order valence-corrected chi connectivity index (χ1v) is 6.16. The van der Waals surface area contributed by atoms with Crippen LogP contribution in [0.15, 0.2) is 42.6 Å². The van der Waals surface area contributed by atoms with Crippen LogP contribution < -0.4 is 5.32 Å². The average Bonchev–Trinajstić information content (AvgIpc) is 2.79. The highest BCUT2D eigenvalue weighted by Gasteiger charge is 2.09. The monoisotopic (exact) mass is 248 g/mol. The fourth-order valence-electron chi connectivity index (χ4n) is 1.92. The number of nitrogens with one attached hydrogen (secondary N) is 1. The maximum Gasteiger partial charge on any atom is 0.0488 e. The number of benzene rings is 1. The fourth-order valence-corrected chi connectivity index (χ4v) is 2.12.